The molecule has 0 saturated heterocycles. The van der Waals surface area contributed by atoms with Crippen molar-refractivity contribution >= 4 is 34.6 Å². The van der Waals surface area contributed by atoms with Crippen LogP contribution in [-0.4, -0.2) is 16.8 Å². The van der Waals surface area contributed by atoms with Gasteiger partial charge in [0.2, 0.25) is 6.08 Å². The lowest BCUT2D eigenvalue weighted by molar-refractivity contribution is 0.490. The molecule has 0 aliphatic rings. The molecule has 0 N–H and O–H groups in total. The number of fused-ring (bicyclic) bond motifs is 1. The lowest BCUT2D eigenvalue weighted by Crippen LogP contribution is -1.70. The molecule has 0 unspecified atom stereocenters. The maximum atomic E-state index is 10.1. The number of benzene rings is 1. The van der Waals surface area contributed by atoms with Gasteiger partial charge in [0.1, 0.15) is 5.52 Å². The van der Waals surface area contributed by atoms with Crippen molar-refractivity contribution in [1.82, 2.24) is 4.98 Å². The average molecular weight is 220 g/mol. The lowest BCUT2D eigenvalue weighted by atomic mass is 10.3. The molecule has 76 valence electrons. The SMILES string of the molecule is CCSc1nc2ccc(N=C=O)cc2o1. The van der Waals surface area contributed by atoms with Crippen LogP contribution in [0.3, 0.4) is 0 Å². The van der Waals surface area contributed by atoms with Crippen LogP contribution >= 0.6 is 11.8 Å². The van der Waals surface area contributed by atoms with Crippen molar-refractivity contribution in [3.8, 4) is 0 Å². The third kappa shape index (κ3) is 2.09. The average Bonchev–Trinajstić information content (AvgIpc) is 2.60. The molecular weight excluding hydrogens is 212 g/mol. The maximum absolute atomic E-state index is 10.1. The largest absolute Gasteiger partial charge is 0.431 e. The molecule has 4 nitrogen and oxygen atoms in total. The Bertz CT molecular complexity index is 529. The molecule has 0 saturated carbocycles. The standard InChI is InChI=1S/C10H8N2O2S/c1-2-15-10-12-8-4-3-7(11-6-13)5-9(8)14-10/h3-5H,2H2,1H3. The Hall–Kier alpha value is -1.58. The molecule has 2 aromatic rings. The Kier molecular flexibility index (Phi) is 2.85. The van der Waals surface area contributed by atoms with Crippen LogP contribution in [0.15, 0.2) is 32.8 Å². The van der Waals surface area contributed by atoms with Crippen LogP contribution in [0.4, 0.5) is 5.69 Å². The second-order valence-electron chi connectivity index (χ2n) is 2.77. The number of nitrogens with zero attached hydrogens (tertiary/aromatic N) is 2. The van der Waals surface area contributed by atoms with E-state index in [-0.39, 0.29) is 0 Å². The monoisotopic (exact) mass is 220 g/mol. The highest BCUT2D eigenvalue weighted by atomic mass is 32.2. The predicted octanol–water partition coefficient (Wildman–Crippen LogP) is 2.91. The minimum atomic E-state index is 0.529. The number of hydrogen-bond donors (Lipinski definition) is 0. The topological polar surface area (TPSA) is 55.5 Å². The van der Waals surface area contributed by atoms with Crippen molar-refractivity contribution in [2.24, 2.45) is 4.99 Å². The fraction of sp³-hybridized carbons (Fsp3) is 0.200. The summed E-state index contributed by atoms with van der Waals surface area (Å²) in [6, 6.07) is 5.15. The van der Waals surface area contributed by atoms with Crippen LogP contribution in [0, 0.1) is 0 Å². The van der Waals surface area contributed by atoms with Crippen LogP contribution in [0.5, 0.6) is 0 Å². The third-order valence-electron chi connectivity index (χ3n) is 1.79. The van der Waals surface area contributed by atoms with Gasteiger partial charge in [0.05, 0.1) is 5.69 Å². The number of aliphatic imine (C=N–C) groups is 1. The summed E-state index contributed by atoms with van der Waals surface area (Å²) in [5.41, 5.74) is 1.94. The number of rotatable bonds is 3. The van der Waals surface area contributed by atoms with Gasteiger partial charge in [-0.25, -0.2) is 9.78 Å². The first-order valence-electron chi connectivity index (χ1n) is 4.44. The second-order valence-corrected chi connectivity index (χ2v) is 3.98. The van der Waals surface area contributed by atoms with Gasteiger partial charge < -0.3 is 4.42 Å². The summed E-state index contributed by atoms with van der Waals surface area (Å²) in [5, 5.41) is 0.639. The molecule has 0 bridgehead atoms. The van der Waals surface area contributed by atoms with Crippen LogP contribution in [0.2, 0.25) is 0 Å². The smallest absolute Gasteiger partial charge is 0.256 e. The minimum Gasteiger partial charge on any atom is -0.431 e. The first-order valence-corrected chi connectivity index (χ1v) is 5.43. The molecule has 0 radical (unpaired) electrons. The van der Waals surface area contributed by atoms with Gasteiger partial charge in [-0.1, -0.05) is 18.7 Å². The summed E-state index contributed by atoms with van der Waals surface area (Å²) in [6.07, 6.45) is 1.49. The molecule has 5 heteroatoms. The summed E-state index contributed by atoms with van der Waals surface area (Å²) in [4.78, 5) is 17.8. The molecule has 1 aromatic carbocycles. The van der Waals surface area contributed by atoms with Crippen molar-refractivity contribution in [2.75, 3.05) is 5.75 Å². The Morgan fingerprint density at radius 2 is 2.47 bits per heavy atom. The van der Waals surface area contributed by atoms with E-state index >= 15 is 0 Å². The minimum absolute atomic E-state index is 0.529. The van der Waals surface area contributed by atoms with E-state index in [1.54, 1.807) is 18.2 Å². The van der Waals surface area contributed by atoms with Crippen LogP contribution < -0.4 is 0 Å². The predicted molar refractivity (Wildman–Crippen MR) is 58.2 cm³/mol. The molecule has 1 aromatic heterocycles. The normalized spacial score (nSPS) is 10.2. The molecule has 2 rings (SSSR count). The van der Waals surface area contributed by atoms with E-state index < -0.39 is 0 Å². The molecular formula is C10H8N2O2S. The number of hydrogen-bond acceptors (Lipinski definition) is 5. The van der Waals surface area contributed by atoms with E-state index in [1.165, 1.54) is 17.8 Å². The molecule has 0 fully saturated rings. The summed E-state index contributed by atoms with van der Waals surface area (Å²) in [7, 11) is 0. The van der Waals surface area contributed by atoms with Gasteiger partial charge in [-0.3, -0.25) is 0 Å². The molecule has 1 heterocycles. The number of isocyanates is 1. The van der Waals surface area contributed by atoms with Crippen molar-refractivity contribution in [3.63, 3.8) is 0 Å². The van der Waals surface area contributed by atoms with E-state index in [9.17, 15) is 4.79 Å². The van der Waals surface area contributed by atoms with Gasteiger partial charge in [-0.05, 0) is 17.9 Å². The fourth-order valence-electron chi connectivity index (χ4n) is 1.20. The van der Waals surface area contributed by atoms with E-state index in [1.807, 2.05) is 6.92 Å². The fourth-order valence-corrected chi connectivity index (χ4v) is 1.76. The molecule has 0 amide bonds. The number of aromatic nitrogens is 1. The first-order chi connectivity index (χ1) is 7.33. The zero-order valence-electron chi connectivity index (χ0n) is 8.06. The summed E-state index contributed by atoms with van der Waals surface area (Å²) in [5.74, 6) is 0.909. The molecule has 0 atom stereocenters. The Morgan fingerprint density at radius 1 is 1.60 bits per heavy atom. The highest BCUT2D eigenvalue weighted by molar-refractivity contribution is 7.99. The number of thioether (sulfide) groups is 1. The summed E-state index contributed by atoms with van der Waals surface area (Å²) < 4.78 is 5.46. The van der Waals surface area contributed by atoms with E-state index in [2.05, 4.69) is 9.98 Å². The molecule has 0 aliphatic carbocycles. The van der Waals surface area contributed by atoms with Crippen LogP contribution in [0.25, 0.3) is 11.1 Å². The Labute approximate surface area is 90.4 Å². The maximum Gasteiger partial charge on any atom is 0.256 e. The Balaban J connectivity index is 2.47. The Morgan fingerprint density at radius 3 is 3.20 bits per heavy atom. The third-order valence-corrected chi connectivity index (χ3v) is 2.51. The quantitative estimate of drug-likeness (QED) is 0.453. The van der Waals surface area contributed by atoms with E-state index in [0.29, 0.717) is 16.5 Å². The van der Waals surface area contributed by atoms with E-state index in [4.69, 9.17) is 4.42 Å². The molecule has 0 spiro atoms. The van der Waals surface area contributed by atoms with Crippen molar-refractivity contribution < 1.29 is 9.21 Å². The number of oxazole rings is 1. The first kappa shape index (κ1) is 9.96. The van der Waals surface area contributed by atoms with Crippen molar-refractivity contribution in [2.45, 2.75) is 12.1 Å². The zero-order valence-corrected chi connectivity index (χ0v) is 8.87. The van der Waals surface area contributed by atoms with Gasteiger partial charge in [-0.15, -0.1) is 0 Å². The van der Waals surface area contributed by atoms with Gasteiger partial charge in [0, 0.05) is 6.07 Å². The number of carbonyl (C=O) groups excluding carboxylic acids is 1. The van der Waals surface area contributed by atoms with Crippen molar-refractivity contribution in [1.29, 1.82) is 0 Å². The van der Waals surface area contributed by atoms with Crippen LogP contribution in [0.1, 0.15) is 6.92 Å². The van der Waals surface area contributed by atoms with Crippen LogP contribution in [-0.2, 0) is 4.79 Å². The second kappa shape index (κ2) is 4.29. The van der Waals surface area contributed by atoms with E-state index in [0.717, 1.165) is 11.3 Å². The molecule has 15 heavy (non-hydrogen) atoms. The zero-order chi connectivity index (χ0) is 10.7. The summed E-state index contributed by atoms with van der Waals surface area (Å²) >= 11 is 1.53. The van der Waals surface area contributed by atoms with Crippen molar-refractivity contribution in [3.05, 3.63) is 18.2 Å². The lowest BCUT2D eigenvalue weighted by Gasteiger charge is -1.88. The van der Waals surface area contributed by atoms with Gasteiger partial charge in [0.15, 0.2) is 5.58 Å². The van der Waals surface area contributed by atoms with Gasteiger partial charge >= 0.3 is 0 Å². The van der Waals surface area contributed by atoms with Gasteiger partial charge in [0.25, 0.3) is 5.22 Å². The highest BCUT2D eigenvalue weighted by Gasteiger charge is 2.05. The van der Waals surface area contributed by atoms with Gasteiger partial charge in [-0.2, -0.15) is 4.99 Å². The highest BCUT2D eigenvalue weighted by Crippen LogP contribution is 2.26. The summed E-state index contributed by atoms with van der Waals surface area (Å²) in [6.45, 7) is 2.03. The molecule has 0 aliphatic heterocycles.